The summed E-state index contributed by atoms with van der Waals surface area (Å²) in [6, 6.07) is 0. The molecule has 0 aromatic rings. The van der Waals surface area contributed by atoms with Gasteiger partial charge in [-0.2, -0.15) is 0 Å². The molecule has 0 saturated carbocycles. The smallest absolute Gasteiger partial charge is 0.0570 e. The Morgan fingerprint density at radius 2 is 2.27 bits per heavy atom. The Bertz CT molecular complexity index is 119. The zero-order valence-electron chi connectivity index (χ0n) is 6.50. The lowest BCUT2D eigenvalue weighted by Crippen LogP contribution is -2.17. The van der Waals surface area contributed by atoms with Crippen molar-refractivity contribution < 1.29 is 0 Å². The fraction of sp³-hybridized carbons (Fsp3) is 0.714. The van der Waals surface area contributed by atoms with Gasteiger partial charge in [0.1, 0.15) is 0 Å². The molecule has 11 heavy (non-hydrogen) atoms. The number of rotatable bonds is 7. The first-order chi connectivity index (χ1) is 5.35. The Morgan fingerprint density at radius 1 is 1.55 bits per heavy atom. The minimum Gasteiger partial charge on any atom is -0.257 e. The van der Waals surface area contributed by atoms with E-state index in [0.29, 0.717) is 19.0 Å². The van der Waals surface area contributed by atoms with Crippen molar-refractivity contribution in [2.24, 2.45) is 5.29 Å². The SMILES string of the molecule is C=CCN(CCCCCl)N=O. The van der Waals surface area contributed by atoms with Crippen LogP contribution in [0.5, 0.6) is 0 Å². The van der Waals surface area contributed by atoms with E-state index < -0.39 is 0 Å². The molecule has 0 aliphatic heterocycles. The van der Waals surface area contributed by atoms with Crippen LogP contribution in [-0.2, 0) is 0 Å². The van der Waals surface area contributed by atoms with Gasteiger partial charge in [-0.05, 0) is 12.8 Å². The molecule has 0 bridgehead atoms. The topological polar surface area (TPSA) is 32.7 Å². The van der Waals surface area contributed by atoms with Gasteiger partial charge in [0.05, 0.1) is 11.8 Å². The number of hydrogen-bond donors (Lipinski definition) is 0. The van der Waals surface area contributed by atoms with E-state index in [4.69, 9.17) is 11.6 Å². The summed E-state index contributed by atoms with van der Waals surface area (Å²) in [7, 11) is 0. The summed E-state index contributed by atoms with van der Waals surface area (Å²) in [4.78, 5) is 10.1. The first kappa shape index (κ1) is 10.4. The van der Waals surface area contributed by atoms with Crippen molar-refractivity contribution >= 4 is 11.6 Å². The van der Waals surface area contributed by atoms with Crippen molar-refractivity contribution in [3.63, 3.8) is 0 Å². The highest BCUT2D eigenvalue weighted by molar-refractivity contribution is 6.17. The molecule has 0 unspecified atom stereocenters. The number of hydrogen-bond acceptors (Lipinski definition) is 2. The third kappa shape index (κ3) is 5.85. The molecule has 0 N–H and O–H groups in total. The molecule has 0 aliphatic rings. The summed E-state index contributed by atoms with van der Waals surface area (Å²) < 4.78 is 0. The number of unbranched alkanes of at least 4 members (excludes halogenated alkanes) is 1. The van der Waals surface area contributed by atoms with Crippen LogP contribution >= 0.6 is 11.6 Å². The first-order valence-corrected chi connectivity index (χ1v) is 4.13. The van der Waals surface area contributed by atoms with Gasteiger partial charge in [-0.15, -0.1) is 23.1 Å². The second kappa shape index (κ2) is 7.54. The molecular formula is C7H13ClN2O. The number of halogens is 1. The first-order valence-electron chi connectivity index (χ1n) is 3.60. The molecule has 0 heterocycles. The maximum Gasteiger partial charge on any atom is 0.0570 e. The highest BCUT2D eigenvalue weighted by Gasteiger charge is 1.97. The van der Waals surface area contributed by atoms with Crippen molar-refractivity contribution in [2.45, 2.75) is 12.8 Å². The number of nitroso groups, excluding NO2 is 1. The molecule has 64 valence electrons. The summed E-state index contributed by atoms with van der Waals surface area (Å²) in [5.74, 6) is 0.640. The van der Waals surface area contributed by atoms with Crippen LogP contribution in [0.15, 0.2) is 17.9 Å². The number of nitrogens with zero attached hydrogens (tertiary/aromatic N) is 2. The van der Waals surface area contributed by atoms with Crippen molar-refractivity contribution in [3.05, 3.63) is 17.6 Å². The van der Waals surface area contributed by atoms with Crippen LogP contribution in [0, 0.1) is 4.91 Å². The maximum atomic E-state index is 10.1. The highest BCUT2D eigenvalue weighted by atomic mass is 35.5. The molecule has 0 fully saturated rings. The van der Waals surface area contributed by atoms with Crippen LogP contribution in [-0.4, -0.2) is 24.0 Å². The lowest BCUT2D eigenvalue weighted by Gasteiger charge is -2.11. The fourth-order valence-electron chi connectivity index (χ4n) is 0.703. The Morgan fingerprint density at radius 3 is 2.73 bits per heavy atom. The minimum atomic E-state index is 0.520. The van der Waals surface area contributed by atoms with Gasteiger partial charge in [0.15, 0.2) is 0 Å². The quantitative estimate of drug-likeness (QED) is 0.196. The molecule has 0 atom stereocenters. The molecule has 0 saturated heterocycles. The van der Waals surface area contributed by atoms with E-state index in [9.17, 15) is 4.91 Å². The van der Waals surface area contributed by atoms with Crippen LogP contribution in [0.2, 0.25) is 0 Å². The van der Waals surface area contributed by atoms with Crippen LogP contribution < -0.4 is 0 Å². The van der Waals surface area contributed by atoms with E-state index in [2.05, 4.69) is 11.9 Å². The molecule has 0 spiro atoms. The van der Waals surface area contributed by atoms with Crippen molar-refractivity contribution in [3.8, 4) is 0 Å². The van der Waals surface area contributed by atoms with E-state index in [1.54, 1.807) is 6.08 Å². The number of alkyl halides is 1. The molecule has 4 heteroatoms. The van der Waals surface area contributed by atoms with Crippen molar-refractivity contribution in [1.82, 2.24) is 5.01 Å². The van der Waals surface area contributed by atoms with E-state index in [-0.39, 0.29) is 0 Å². The van der Waals surface area contributed by atoms with Crippen LogP contribution in [0.25, 0.3) is 0 Å². The van der Waals surface area contributed by atoms with E-state index in [1.807, 2.05) is 0 Å². The van der Waals surface area contributed by atoms with Crippen LogP contribution in [0.1, 0.15) is 12.8 Å². The maximum absolute atomic E-state index is 10.1. The molecule has 3 nitrogen and oxygen atoms in total. The van der Waals surface area contributed by atoms with Crippen molar-refractivity contribution in [2.75, 3.05) is 19.0 Å². The molecule has 0 aromatic carbocycles. The lowest BCUT2D eigenvalue weighted by atomic mass is 10.3. The Labute approximate surface area is 72.0 Å². The summed E-state index contributed by atoms with van der Waals surface area (Å²) in [6.45, 7) is 4.70. The van der Waals surface area contributed by atoms with E-state index in [0.717, 1.165) is 12.8 Å². The molecule has 0 radical (unpaired) electrons. The zero-order valence-corrected chi connectivity index (χ0v) is 7.26. The largest absolute Gasteiger partial charge is 0.257 e. The van der Waals surface area contributed by atoms with Crippen LogP contribution in [0.4, 0.5) is 0 Å². The summed E-state index contributed by atoms with van der Waals surface area (Å²) in [5.41, 5.74) is 0. The van der Waals surface area contributed by atoms with Gasteiger partial charge in [0.2, 0.25) is 0 Å². The third-order valence-electron chi connectivity index (χ3n) is 1.26. The Hall–Kier alpha value is -0.570. The van der Waals surface area contributed by atoms with Gasteiger partial charge in [0, 0.05) is 12.4 Å². The summed E-state index contributed by atoms with van der Waals surface area (Å²) in [5, 5.41) is 4.25. The molecule has 0 rings (SSSR count). The standard InChI is InChI=1S/C7H13ClN2O/c1-2-6-10(9-11)7-4-3-5-8/h2H,1,3-7H2. The van der Waals surface area contributed by atoms with Gasteiger partial charge in [-0.1, -0.05) is 6.08 Å². The Kier molecular flexibility index (Phi) is 7.15. The van der Waals surface area contributed by atoms with Crippen molar-refractivity contribution in [1.29, 1.82) is 0 Å². The molecular weight excluding hydrogens is 164 g/mol. The minimum absolute atomic E-state index is 0.520. The van der Waals surface area contributed by atoms with Gasteiger partial charge in [0.25, 0.3) is 0 Å². The van der Waals surface area contributed by atoms with E-state index >= 15 is 0 Å². The summed E-state index contributed by atoms with van der Waals surface area (Å²) in [6.07, 6.45) is 3.48. The predicted octanol–water partition coefficient (Wildman–Crippen LogP) is 2.17. The van der Waals surface area contributed by atoms with Gasteiger partial charge < -0.3 is 0 Å². The monoisotopic (exact) mass is 176 g/mol. The predicted molar refractivity (Wildman–Crippen MR) is 47.5 cm³/mol. The van der Waals surface area contributed by atoms with Gasteiger partial charge >= 0.3 is 0 Å². The second-order valence-corrected chi connectivity index (χ2v) is 2.56. The Balaban J connectivity index is 3.35. The third-order valence-corrected chi connectivity index (χ3v) is 1.52. The lowest BCUT2D eigenvalue weighted by molar-refractivity contribution is 0.309. The van der Waals surface area contributed by atoms with E-state index in [1.165, 1.54) is 5.01 Å². The van der Waals surface area contributed by atoms with Gasteiger partial charge in [-0.3, -0.25) is 5.01 Å². The fourth-order valence-corrected chi connectivity index (χ4v) is 0.892. The summed E-state index contributed by atoms with van der Waals surface area (Å²) >= 11 is 5.46. The van der Waals surface area contributed by atoms with Gasteiger partial charge in [-0.25, -0.2) is 0 Å². The normalized spacial score (nSPS) is 9.18. The zero-order chi connectivity index (χ0) is 8.53. The molecule has 0 amide bonds. The molecule has 0 aliphatic carbocycles. The second-order valence-electron chi connectivity index (χ2n) is 2.18. The average Bonchev–Trinajstić information content (AvgIpc) is 2.03. The molecule has 0 aromatic heterocycles. The van der Waals surface area contributed by atoms with Crippen LogP contribution in [0.3, 0.4) is 0 Å². The average molecular weight is 177 g/mol. The highest BCUT2D eigenvalue weighted by Crippen LogP contribution is 1.97.